The first-order chi connectivity index (χ1) is 14.8. The molecule has 1 aromatic carbocycles. The topological polar surface area (TPSA) is 78.6 Å². The van der Waals surface area contributed by atoms with E-state index in [0.29, 0.717) is 18.5 Å². The maximum Gasteiger partial charge on any atom is 0.226 e. The molecule has 2 aromatic heterocycles. The van der Waals surface area contributed by atoms with E-state index in [1.54, 1.807) is 6.26 Å². The molecular weight excluding hydrogens is 503 g/mol. The van der Waals surface area contributed by atoms with Crippen molar-refractivity contribution in [1.82, 2.24) is 20.6 Å². The van der Waals surface area contributed by atoms with Gasteiger partial charge in [0.05, 0.1) is 6.54 Å². The Bertz CT molecular complexity index is 939. The molecular formula is C23H29IN6O. The molecule has 8 heteroatoms. The molecule has 31 heavy (non-hydrogen) atoms. The average Bonchev–Trinajstić information content (AvgIpc) is 3.28. The fraction of sp³-hybridized carbons (Fsp3) is 0.348. The van der Waals surface area contributed by atoms with E-state index < -0.39 is 0 Å². The first-order valence-corrected chi connectivity index (χ1v) is 10.5. The third-order valence-electron chi connectivity index (χ3n) is 5.12. The van der Waals surface area contributed by atoms with Crippen LogP contribution in [0.5, 0.6) is 0 Å². The molecule has 1 fully saturated rings. The van der Waals surface area contributed by atoms with Crippen LogP contribution in [0.15, 0.2) is 70.4 Å². The summed E-state index contributed by atoms with van der Waals surface area (Å²) in [5.41, 5.74) is 1.79. The van der Waals surface area contributed by atoms with Gasteiger partial charge >= 0.3 is 0 Å². The number of aliphatic imine (C=N–C) groups is 1. The number of guanidine groups is 1. The number of pyridine rings is 1. The summed E-state index contributed by atoms with van der Waals surface area (Å²) in [6.07, 6.45) is 5.62. The van der Waals surface area contributed by atoms with Gasteiger partial charge in [0.25, 0.3) is 0 Å². The monoisotopic (exact) mass is 532 g/mol. The second kappa shape index (κ2) is 11.7. The number of aromatic nitrogens is 2. The van der Waals surface area contributed by atoms with Crippen molar-refractivity contribution in [1.29, 1.82) is 0 Å². The number of anilines is 1. The molecule has 0 unspecified atom stereocenters. The van der Waals surface area contributed by atoms with Crippen LogP contribution < -0.4 is 15.5 Å². The molecule has 164 valence electrons. The van der Waals surface area contributed by atoms with Crippen molar-refractivity contribution in [3.8, 4) is 11.5 Å². The van der Waals surface area contributed by atoms with E-state index in [2.05, 4.69) is 38.5 Å². The zero-order chi connectivity index (χ0) is 20.6. The van der Waals surface area contributed by atoms with Gasteiger partial charge in [-0.25, -0.2) is 15.0 Å². The minimum atomic E-state index is 0. The second-order valence-electron chi connectivity index (χ2n) is 7.30. The van der Waals surface area contributed by atoms with Crippen LogP contribution >= 0.6 is 24.0 Å². The van der Waals surface area contributed by atoms with Crippen molar-refractivity contribution in [2.75, 3.05) is 24.5 Å². The molecule has 0 atom stereocenters. The first-order valence-electron chi connectivity index (χ1n) is 10.5. The third-order valence-corrected chi connectivity index (χ3v) is 5.12. The van der Waals surface area contributed by atoms with Gasteiger partial charge in [-0.05, 0) is 44.0 Å². The lowest BCUT2D eigenvalue weighted by Gasteiger charge is -2.33. The largest absolute Gasteiger partial charge is 0.444 e. The molecule has 2 N–H and O–H groups in total. The summed E-state index contributed by atoms with van der Waals surface area (Å²) >= 11 is 0. The Labute approximate surface area is 200 Å². The summed E-state index contributed by atoms with van der Waals surface area (Å²) in [6, 6.07) is 16.4. The smallest absolute Gasteiger partial charge is 0.226 e. The molecule has 1 saturated heterocycles. The van der Waals surface area contributed by atoms with Gasteiger partial charge in [-0.3, -0.25) is 0 Å². The van der Waals surface area contributed by atoms with Crippen LogP contribution in [-0.2, 0) is 6.54 Å². The van der Waals surface area contributed by atoms with Crippen molar-refractivity contribution in [2.24, 2.45) is 4.99 Å². The van der Waals surface area contributed by atoms with Gasteiger partial charge < -0.3 is 20.0 Å². The normalized spacial score (nSPS) is 14.7. The Morgan fingerprint density at radius 3 is 2.61 bits per heavy atom. The predicted octanol–water partition coefficient (Wildman–Crippen LogP) is 4.08. The van der Waals surface area contributed by atoms with Crippen molar-refractivity contribution in [3.63, 3.8) is 0 Å². The highest BCUT2D eigenvalue weighted by atomic mass is 127. The number of hydrogen-bond acceptors (Lipinski definition) is 5. The number of nitrogens with zero attached hydrogens (tertiary/aromatic N) is 4. The summed E-state index contributed by atoms with van der Waals surface area (Å²) in [5.74, 6) is 2.50. The number of nitrogens with one attached hydrogen (secondary N) is 2. The highest BCUT2D eigenvalue weighted by Crippen LogP contribution is 2.19. The fourth-order valence-electron chi connectivity index (χ4n) is 3.56. The summed E-state index contributed by atoms with van der Waals surface area (Å²) in [7, 11) is 0. The Morgan fingerprint density at radius 2 is 1.90 bits per heavy atom. The number of rotatable bonds is 6. The molecule has 1 aliphatic heterocycles. The Kier molecular flexibility index (Phi) is 8.69. The molecule has 4 rings (SSSR count). The van der Waals surface area contributed by atoms with Crippen LogP contribution in [0.3, 0.4) is 0 Å². The molecule has 0 spiro atoms. The summed E-state index contributed by atoms with van der Waals surface area (Å²) < 4.78 is 5.61. The zero-order valence-electron chi connectivity index (χ0n) is 17.7. The summed E-state index contributed by atoms with van der Waals surface area (Å²) in [6.45, 7) is 5.32. The number of oxazole rings is 1. The van der Waals surface area contributed by atoms with Gasteiger partial charge in [-0.1, -0.05) is 24.3 Å². The lowest BCUT2D eigenvalue weighted by Crippen LogP contribution is -2.48. The highest BCUT2D eigenvalue weighted by Gasteiger charge is 2.20. The Morgan fingerprint density at radius 1 is 1.13 bits per heavy atom. The van der Waals surface area contributed by atoms with Crippen molar-refractivity contribution in [2.45, 2.75) is 32.4 Å². The molecule has 1 aliphatic rings. The summed E-state index contributed by atoms with van der Waals surface area (Å²) in [5, 5.41) is 6.91. The van der Waals surface area contributed by atoms with Crippen LogP contribution in [0, 0.1) is 0 Å². The van der Waals surface area contributed by atoms with E-state index in [1.807, 2.05) is 48.7 Å². The summed E-state index contributed by atoms with van der Waals surface area (Å²) in [4.78, 5) is 16.1. The molecule has 3 heterocycles. The minimum absolute atomic E-state index is 0. The molecule has 7 nitrogen and oxygen atoms in total. The number of halogens is 1. The van der Waals surface area contributed by atoms with Gasteiger partial charge in [-0.2, -0.15) is 0 Å². The van der Waals surface area contributed by atoms with Crippen molar-refractivity contribution < 1.29 is 4.42 Å². The third kappa shape index (κ3) is 6.43. The predicted molar refractivity (Wildman–Crippen MR) is 135 cm³/mol. The van der Waals surface area contributed by atoms with E-state index in [9.17, 15) is 0 Å². The second-order valence-corrected chi connectivity index (χ2v) is 7.30. The van der Waals surface area contributed by atoms with Gasteiger partial charge in [0.15, 0.2) is 5.96 Å². The van der Waals surface area contributed by atoms with E-state index in [4.69, 9.17) is 9.41 Å². The van der Waals surface area contributed by atoms with Crippen LogP contribution in [0.1, 0.15) is 25.5 Å². The standard InChI is InChI=1S/C23H28N6O.HI/c1-2-24-23(26-16-20-17-30-22(27-20)18-8-4-3-5-9-18)28-19-11-14-29(15-12-19)21-10-6-7-13-25-21;/h3-10,13,17,19H,2,11-12,14-16H2,1H3,(H2,24,26,28);1H. The van der Waals surface area contributed by atoms with Crippen molar-refractivity contribution >= 4 is 35.8 Å². The lowest BCUT2D eigenvalue weighted by atomic mass is 10.1. The average molecular weight is 532 g/mol. The SMILES string of the molecule is CCNC(=NCc1coc(-c2ccccc2)n1)NC1CCN(c2ccccn2)CC1.I. The van der Waals surface area contributed by atoms with Crippen LogP contribution in [0.4, 0.5) is 5.82 Å². The van der Waals surface area contributed by atoms with Gasteiger partial charge in [0.1, 0.15) is 17.8 Å². The number of benzene rings is 1. The number of piperidine rings is 1. The molecule has 0 saturated carbocycles. The fourth-order valence-corrected chi connectivity index (χ4v) is 3.56. The van der Waals surface area contributed by atoms with Gasteiger partial charge in [0.2, 0.25) is 5.89 Å². The molecule has 0 amide bonds. The quantitative estimate of drug-likeness (QED) is 0.283. The van der Waals surface area contributed by atoms with E-state index in [-0.39, 0.29) is 24.0 Å². The van der Waals surface area contributed by atoms with Crippen LogP contribution in [0.2, 0.25) is 0 Å². The molecule has 3 aromatic rings. The molecule has 0 bridgehead atoms. The van der Waals surface area contributed by atoms with Crippen LogP contribution in [-0.4, -0.2) is 41.6 Å². The molecule has 0 aliphatic carbocycles. The molecule has 0 radical (unpaired) electrons. The lowest BCUT2D eigenvalue weighted by molar-refractivity contribution is 0.459. The van der Waals surface area contributed by atoms with E-state index in [0.717, 1.165) is 55.5 Å². The maximum atomic E-state index is 5.61. The minimum Gasteiger partial charge on any atom is -0.444 e. The Balaban J connectivity index is 0.00000272. The zero-order valence-corrected chi connectivity index (χ0v) is 20.0. The van der Waals surface area contributed by atoms with Gasteiger partial charge in [0, 0.05) is 37.4 Å². The van der Waals surface area contributed by atoms with E-state index >= 15 is 0 Å². The van der Waals surface area contributed by atoms with Gasteiger partial charge in [-0.15, -0.1) is 24.0 Å². The van der Waals surface area contributed by atoms with Crippen LogP contribution in [0.25, 0.3) is 11.5 Å². The Hall–Kier alpha value is -2.62. The highest BCUT2D eigenvalue weighted by molar-refractivity contribution is 14.0. The first kappa shape index (κ1) is 23.1. The van der Waals surface area contributed by atoms with Crippen molar-refractivity contribution in [3.05, 3.63) is 66.7 Å². The van der Waals surface area contributed by atoms with E-state index in [1.165, 1.54) is 0 Å². The number of hydrogen-bond donors (Lipinski definition) is 2. The maximum absolute atomic E-state index is 5.61.